The maximum Gasteiger partial charge on any atom is 0.341 e. The van der Waals surface area contributed by atoms with E-state index in [4.69, 9.17) is 9.57 Å². The highest BCUT2D eigenvalue weighted by Gasteiger charge is 2.31. The third kappa shape index (κ3) is 4.24. The van der Waals surface area contributed by atoms with Gasteiger partial charge in [0.05, 0.1) is 6.61 Å². The number of nitrogens with zero attached hydrogens (tertiary/aromatic N) is 2. The minimum atomic E-state index is -0.292. The van der Waals surface area contributed by atoms with Crippen molar-refractivity contribution < 1.29 is 19.2 Å². The zero-order valence-electron chi connectivity index (χ0n) is 13.6. The van der Waals surface area contributed by atoms with E-state index in [1.807, 2.05) is 30.3 Å². The Hall–Kier alpha value is -2.12. The van der Waals surface area contributed by atoms with E-state index in [0.29, 0.717) is 39.4 Å². The first kappa shape index (κ1) is 16.7. The molecular weight excluding hydrogens is 310 g/mol. The fraction of sp³-hybridized carbons (Fsp3) is 0.529. The summed E-state index contributed by atoms with van der Waals surface area (Å²) in [5, 5.41) is 0. The van der Waals surface area contributed by atoms with Gasteiger partial charge in [0.1, 0.15) is 6.10 Å². The van der Waals surface area contributed by atoms with E-state index in [1.165, 1.54) is 0 Å². The molecule has 130 valence electrons. The summed E-state index contributed by atoms with van der Waals surface area (Å²) in [5.41, 5.74) is 3.45. The Morgan fingerprint density at radius 2 is 1.83 bits per heavy atom. The standard InChI is InChI=1S/C17H23N3O4/c21-16(15-7-4-12-23-15)19-8-10-20(11-9-19)17(22)18-24-13-14-5-2-1-3-6-14/h1-3,5-6,15H,4,7-13H2,(H,18,22)/t15-/m0/s1. The molecule has 7 nitrogen and oxygen atoms in total. The van der Waals surface area contributed by atoms with Crippen LogP contribution in [-0.4, -0.2) is 60.6 Å². The van der Waals surface area contributed by atoms with E-state index in [2.05, 4.69) is 5.48 Å². The molecule has 0 spiro atoms. The Labute approximate surface area is 141 Å². The van der Waals surface area contributed by atoms with Crippen molar-refractivity contribution in [2.45, 2.75) is 25.6 Å². The topological polar surface area (TPSA) is 71.1 Å². The van der Waals surface area contributed by atoms with E-state index in [0.717, 1.165) is 18.4 Å². The second-order valence-corrected chi connectivity index (χ2v) is 6.00. The molecule has 2 aliphatic rings. The molecule has 2 heterocycles. The van der Waals surface area contributed by atoms with Crippen molar-refractivity contribution in [2.75, 3.05) is 32.8 Å². The number of benzene rings is 1. The number of nitrogens with one attached hydrogen (secondary N) is 1. The molecule has 3 rings (SSSR count). The third-order valence-corrected chi connectivity index (χ3v) is 4.32. The highest BCUT2D eigenvalue weighted by atomic mass is 16.7. The van der Waals surface area contributed by atoms with Crippen molar-refractivity contribution in [3.8, 4) is 0 Å². The highest BCUT2D eigenvalue weighted by molar-refractivity contribution is 5.81. The minimum absolute atomic E-state index is 0.0490. The maximum absolute atomic E-state index is 12.3. The second-order valence-electron chi connectivity index (χ2n) is 6.00. The van der Waals surface area contributed by atoms with Crippen LogP contribution in [0.1, 0.15) is 18.4 Å². The van der Waals surface area contributed by atoms with Gasteiger partial charge < -0.3 is 14.5 Å². The summed E-state index contributed by atoms with van der Waals surface area (Å²) in [6.07, 6.45) is 1.45. The molecule has 0 bridgehead atoms. The van der Waals surface area contributed by atoms with Gasteiger partial charge in [-0.3, -0.25) is 9.63 Å². The van der Waals surface area contributed by atoms with Crippen LogP contribution in [0, 0.1) is 0 Å². The van der Waals surface area contributed by atoms with Gasteiger partial charge in [0.25, 0.3) is 5.91 Å². The van der Waals surface area contributed by atoms with Crippen LogP contribution in [0.25, 0.3) is 0 Å². The number of hydroxylamine groups is 1. The fourth-order valence-corrected chi connectivity index (χ4v) is 2.93. The molecule has 2 saturated heterocycles. The molecule has 1 atom stereocenters. The van der Waals surface area contributed by atoms with Gasteiger partial charge in [0, 0.05) is 32.8 Å². The predicted molar refractivity (Wildman–Crippen MR) is 86.9 cm³/mol. The number of piperazine rings is 1. The summed E-state index contributed by atoms with van der Waals surface area (Å²) < 4.78 is 5.43. The van der Waals surface area contributed by atoms with E-state index in [1.54, 1.807) is 9.80 Å². The van der Waals surface area contributed by atoms with Gasteiger partial charge in [-0.05, 0) is 18.4 Å². The summed E-state index contributed by atoms with van der Waals surface area (Å²) in [7, 11) is 0. The summed E-state index contributed by atoms with van der Waals surface area (Å²) in [6.45, 7) is 3.05. The van der Waals surface area contributed by atoms with Crippen LogP contribution in [0.4, 0.5) is 4.79 Å². The smallest absolute Gasteiger partial charge is 0.341 e. The fourth-order valence-electron chi connectivity index (χ4n) is 2.93. The highest BCUT2D eigenvalue weighted by Crippen LogP contribution is 2.16. The van der Waals surface area contributed by atoms with Crippen molar-refractivity contribution in [1.29, 1.82) is 0 Å². The lowest BCUT2D eigenvalue weighted by molar-refractivity contribution is -0.142. The lowest BCUT2D eigenvalue weighted by Gasteiger charge is -2.35. The van der Waals surface area contributed by atoms with E-state index in [9.17, 15) is 9.59 Å². The molecule has 0 aromatic heterocycles. The van der Waals surface area contributed by atoms with E-state index in [-0.39, 0.29) is 18.0 Å². The minimum Gasteiger partial charge on any atom is -0.368 e. The SMILES string of the molecule is O=C(NOCc1ccccc1)N1CCN(C(=O)[C@@H]2CCCO2)CC1. The average Bonchev–Trinajstić information content (AvgIpc) is 3.17. The van der Waals surface area contributed by atoms with Crippen LogP contribution < -0.4 is 5.48 Å². The largest absolute Gasteiger partial charge is 0.368 e. The predicted octanol–water partition coefficient (Wildman–Crippen LogP) is 1.15. The zero-order chi connectivity index (χ0) is 16.8. The molecule has 1 aromatic rings. The molecule has 1 N–H and O–H groups in total. The molecular formula is C17H23N3O4. The molecule has 0 saturated carbocycles. The quantitative estimate of drug-likeness (QED) is 0.839. The lowest BCUT2D eigenvalue weighted by atomic mass is 10.2. The van der Waals surface area contributed by atoms with Crippen LogP contribution in [0.2, 0.25) is 0 Å². The molecule has 1 aromatic carbocycles. The molecule has 0 aliphatic carbocycles. The number of hydrogen-bond donors (Lipinski definition) is 1. The zero-order valence-corrected chi connectivity index (χ0v) is 13.6. The molecule has 0 radical (unpaired) electrons. The molecule has 2 aliphatic heterocycles. The van der Waals surface area contributed by atoms with Gasteiger partial charge in [0.15, 0.2) is 0 Å². The monoisotopic (exact) mass is 333 g/mol. The lowest BCUT2D eigenvalue weighted by Crippen LogP contribution is -2.54. The van der Waals surface area contributed by atoms with Crippen LogP contribution >= 0.6 is 0 Å². The first-order chi connectivity index (χ1) is 11.7. The summed E-state index contributed by atoms with van der Waals surface area (Å²) in [6, 6.07) is 9.37. The number of amides is 3. The van der Waals surface area contributed by atoms with Crippen LogP contribution in [0.3, 0.4) is 0 Å². The van der Waals surface area contributed by atoms with Crippen molar-refractivity contribution in [3.05, 3.63) is 35.9 Å². The number of carbonyl (C=O) groups is 2. The van der Waals surface area contributed by atoms with Gasteiger partial charge >= 0.3 is 6.03 Å². The first-order valence-corrected chi connectivity index (χ1v) is 8.35. The first-order valence-electron chi connectivity index (χ1n) is 8.35. The Morgan fingerprint density at radius 1 is 1.12 bits per heavy atom. The third-order valence-electron chi connectivity index (χ3n) is 4.32. The van der Waals surface area contributed by atoms with Crippen molar-refractivity contribution in [2.24, 2.45) is 0 Å². The Balaban J connectivity index is 1.38. The van der Waals surface area contributed by atoms with E-state index >= 15 is 0 Å². The van der Waals surface area contributed by atoms with Crippen molar-refractivity contribution in [3.63, 3.8) is 0 Å². The van der Waals surface area contributed by atoms with Gasteiger partial charge in [-0.1, -0.05) is 30.3 Å². The van der Waals surface area contributed by atoms with Crippen LogP contribution in [-0.2, 0) is 21.0 Å². The molecule has 2 fully saturated rings. The van der Waals surface area contributed by atoms with Gasteiger partial charge in [0.2, 0.25) is 0 Å². The summed E-state index contributed by atoms with van der Waals surface area (Å²) in [5.74, 6) is 0.0490. The summed E-state index contributed by atoms with van der Waals surface area (Å²) in [4.78, 5) is 33.0. The van der Waals surface area contributed by atoms with Crippen LogP contribution in [0.15, 0.2) is 30.3 Å². The number of carbonyl (C=O) groups excluding carboxylic acids is 2. The molecule has 24 heavy (non-hydrogen) atoms. The van der Waals surface area contributed by atoms with Gasteiger partial charge in [-0.15, -0.1) is 0 Å². The normalized spacial score (nSPS) is 20.9. The summed E-state index contributed by atoms with van der Waals surface area (Å²) >= 11 is 0. The van der Waals surface area contributed by atoms with Gasteiger partial charge in [-0.25, -0.2) is 10.3 Å². The molecule has 3 amide bonds. The van der Waals surface area contributed by atoms with Crippen molar-refractivity contribution in [1.82, 2.24) is 15.3 Å². The second kappa shape index (κ2) is 8.12. The Bertz CT molecular complexity index is 552. The maximum atomic E-state index is 12.3. The Kier molecular flexibility index (Phi) is 5.66. The number of urea groups is 1. The van der Waals surface area contributed by atoms with Crippen molar-refractivity contribution >= 4 is 11.9 Å². The molecule has 0 unspecified atom stereocenters. The van der Waals surface area contributed by atoms with Gasteiger partial charge in [-0.2, -0.15) is 0 Å². The number of ether oxygens (including phenoxy) is 1. The average molecular weight is 333 g/mol. The Morgan fingerprint density at radius 3 is 2.50 bits per heavy atom. The number of hydrogen-bond acceptors (Lipinski definition) is 4. The van der Waals surface area contributed by atoms with Crippen LogP contribution in [0.5, 0.6) is 0 Å². The molecule has 7 heteroatoms. The number of rotatable bonds is 4. The van der Waals surface area contributed by atoms with E-state index < -0.39 is 0 Å².